The molecule has 0 saturated carbocycles. The molecule has 3 rings (SSSR count). The fraction of sp³-hybridized carbons (Fsp3) is 0.545. The van der Waals surface area contributed by atoms with Crippen molar-refractivity contribution in [2.75, 3.05) is 13.2 Å². The summed E-state index contributed by atoms with van der Waals surface area (Å²) in [5, 5.41) is 4.21. The van der Waals surface area contributed by atoms with Crippen LogP contribution in [0, 0.1) is 5.92 Å². The third-order valence-corrected chi connectivity index (χ3v) is 3.34. The summed E-state index contributed by atoms with van der Waals surface area (Å²) < 4.78 is 8.17. The smallest absolute Gasteiger partial charge is 0.350 e. The van der Waals surface area contributed by atoms with Gasteiger partial charge in [0.15, 0.2) is 5.65 Å². The van der Waals surface area contributed by atoms with E-state index in [0.29, 0.717) is 24.7 Å². The van der Waals surface area contributed by atoms with Gasteiger partial charge in [0.05, 0.1) is 19.3 Å². The maximum atomic E-state index is 12.0. The summed E-state index contributed by atoms with van der Waals surface area (Å²) in [7, 11) is 0. The zero-order valence-corrected chi connectivity index (χ0v) is 9.90. The predicted molar refractivity (Wildman–Crippen MR) is 64.1 cm³/mol. The minimum Gasteiger partial charge on any atom is -0.381 e. The Morgan fingerprint density at radius 2 is 2.50 bits per heavy atom. The highest BCUT2D eigenvalue weighted by Gasteiger charge is 2.24. The van der Waals surface area contributed by atoms with E-state index < -0.39 is 0 Å². The van der Waals surface area contributed by atoms with E-state index in [9.17, 15) is 4.79 Å². The second-order valence-electron chi connectivity index (χ2n) is 4.56. The normalized spacial score (nSPS) is 21.5. The fourth-order valence-electron chi connectivity index (χ4n) is 2.24. The van der Waals surface area contributed by atoms with Crippen LogP contribution in [0.15, 0.2) is 23.4 Å². The molecule has 1 fully saturated rings. The molecule has 7 nitrogen and oxygen atoms in total. The minimum absolute atomic E-state index is 0.108. The molecule has 0 aromatic carbocycles. The molecule has 18 heavy (non-hydrogen) atoms. The first-order valence-corrected chi connectivity index (χ1v) is 5.98. The van der Waals surface area contributed by atoms with Gasteiger partial charge in [0.25, 0.3) is 0 Å². The van der Waals surface area contributed by atoms with E-state index in [-0.39, 0.29) is 11.7 Å². The number of nitrogens with two attached hydrogens (primary N) is 1. The molecular formula is C11H15N5O2. The Hall–Kier alpha value is -1.73. The van der Waals surface area contributed by atoms with Gasteiger partial charge in [-0.3, -0.25) is 4.98 Å². The Bertz CT molecular complexity index is 599. The molecule has 0 radical (unpaired) electrons. The van der Waals surface area contributed by atoms with E-state index in [1.807, 2.05) is 0 Å². The second kappa shape index (κ2) is 4.51. The van der Waals surface area contributed by atoms with Gasteiger partial charge < -0.3 is 10.5 Å². The summed E-state index contributed by atoms with van der Waals surface area (Å²) in [6.45, 7) is 1.84. The van der Waals surface area contributed by atoms with Crippen molar-refractivity contribution < 1.29 is 4.74 Å². The lowest BCUT2D eigenvalue weighted by Gasteiger charge is -2.16. The second-order valence-corrected chi connectivity index (χ2v) is 4.56. The van der Waals surface area contributed by atoms with Crippen LogP contribution in [-0.2, 0) is 11.3 Å². The van der Waals surface area contributed by atoms with E-state index in [2.05, 4.69) is 10.1 Å². The predicted octanol–water partition coefficient (Wildman–Crippen LogP) is -0.745. The van der Waals surface area contributed by atoms with Crippen molar-refractivity contribution >= 4 is 5.65 Å². The summed E-state index contributed by atoms with van der Waals surface area (Å²) >= 11 is 0. The number of nitrogens with zero attached hydrogens (tertiary/aromatic N) is 4. The van der Waals surface area contributed by atoms with Crippen molar-refractivity contribution in [1.29, 1.82) is 0 Å². The van der Waals surface area contributed by atoms with Crippen molar-refractivity contribution in [3.05, 3.63) is 29.1 Å². The van der Waals surface area contributed by atoms with E-state index in [1.54, 1.807) is 18.6 Å². The van der Waals surface area contributed by atoms with Gasteiger partial charge in [-0.25, -0.2) is 13.9 Å². The zero-order valence-electron chi connectivity index (χ0n) is 9.90. The van der Waals surface area contributed by atoms with Crippen molar-refractivity contribution in [3.8, 4) is 0 Å². The van der Waals surface area contributed by atoms with E-state index >= 15 is 0 Å². The SMILES string of the molecule is NC(Cn1nc2cnccn2c1=O)C1CCOC1. The number of ether oxygens (including phenoxy) is 1. The highest BCUT2D eigenvalue weighted by molar-refractivity contribution is 5.31. The molecule has 2 aromatic heterocycles. The van der Waals surface area contributed by atoms with Crippen molar-refractivity contribution in [2.45, 2.75) is 19.0 Å². The maximum Gasteiger partial charge on any atom is 0.350 e. The largest absolute Gasteiger partial charge is 0.381 e. The van der Waals surface area contributed by atoms with Crippen molar-refractivity contribution in [1.82, 2.24) is 19.2 Å². The molecular weight excluding hydrogens is 234 g/mol. The van der Waals surface area contributed by atoms with Gasteiger partial charge >= 0.3 is 5.69 Å². The molecule has 2 atom stereocenters. The zero-order chi connectivity index (χ0) is 12.5. The average molecular weight is 249 g/mol. The summed E-state index contributed by atoms with van der Waals surface area (Å²) in [6.07, 6.45) is 5.67. The number of hydrogen-bond acceptors (Lipinski definition) is 5. The van der Waals surface area contributed by atoms with Crippen molar-refractivity contribution in [3.63, 3.8) is 0 Å². The molecule has 0 aliphatic carbocycles. The Balaban J connectivity index is 1.86. The van der Waals surface area contributed by atoms with Crippen molar-refractivity contribution in [2.24, 2.45) is 11.7 Å². The van der Waals surface area contributed by atoms with Crippen LogP contribution in [-0.4, -0.2) is 38.4 Å². The highest BCUT2D eigenvalue weighted by Crippen LogP contribution is 2.15. The molecule has 2 aromatic rings. The first-order valence-electron chi connectivity index (χ1n) is 5.98. The lowest BCUT2D eigenvalue weighted by atomic mass is 10.0. The molecule has 3 heterocycles. The minimum atomic E-state index is -0.179. The third kappa shape index (κ3) is 1.91. The molecule has 0 bridgehead atoms. The Labute approximate surface area is 103 Å². The summed E-state index contributed by atoms with van der Waals surface area (Å²) in [5.74, 6) is 0.305. The molecule has 2 unspecified atom stereocenters. The lowest BCUT2D eigenvalue weighted by molar-refractivity contribution is 0.178. The van der Waals surface area contributed by atoms with Gasteiger partial charge in [-0.05, 0) is 6.42 Å². The van der Waals surface area contributed by atoms with Crippen LogP contribution >= 0.6 is 0 Å². The van der Waals surface area contributed by atoms with Gasteiger partial charge in [0.2, 0.25) is 0 Å². The molecule has 1 saturated heterocycles. The van der Waals surface area contributed by atoms with Crippen LogP contribution in [0.3, 0.4) is 0 Å². The van der Waals surface area contributed by atoms with Gasteiger partial charge in [0.1, 0.15) is 0 Å². The average Bonchev–Trinajstić information content (AvgIpc) is 3.00. The van der Waals surface area contributed by atoms with Crippen LogP contribution in [0.1, 0.15) is 6.42 Å². The standard InChI is InChI=1S/C11H15N5O2/c12-9(8-1-4-18-7-8)6-16-11(17)15-3-2-13-5-10(15)14-16/h2-3,5,8-9H,1,4,6-7,12H2. The number of fused-ring (bicyclic) bond motifs is 1. The summed E-state index contributed by atoms with van der Waals surface area (Å²) in [6, 6.07) is -0.108. The lowest BCUT2D eigenvalue weighted by Crippen LogP contribution is -2.38. The first kappa shape index (κ1) is 11.4. The Kier molecular flexibility index (Phi) is 2.85. The summed E-state index contributed by atoms with van der Waals surface area (Å²) in [5.41, 5.74) is 6.46. The monoisotopic (exact) mass is 249 g/mol. The quantitative estimate of drug-likeness (QED) is 0.773. The Morgan fingerprint density at radius 3 is 3.22 bits per heavy atom. The third-order valence-electron chi connectivity index (χ3n) is 3.34. The molecule has 1 aliphatic rings. The van der Waals surface area contributed by atoms with Crippen LogP contribution < -0.4 is 11.4 Å². The molecule has 1 aliphatic heterocycles. The van der Waals surface area contributed by atoms with Crippen LogP contribution in [0.5, 0.6) is 0 Å². The molecule has 2 N–H and O–H groups in total. The molecule has 96 valence electrons. The maximum absolute atomic E-state index is 12.0. The number of aromatic nitrogens is 4. The van der Waals surface area contributed by atoms with Crippen LogP contribution in [0.25, 0.3) is 5.65 Å². The van der Waals surface area contributed by atoms with Gasteiger partial charge in [-0.1, -0.05) is 0 Å². The van der Waals surface area contributed by atoms with E-state index in [0.717, 1.165) is 13.0 Å². The van der Waals surface area contributed by atoms with E-state index in [1.165, 1.54) is 9.08 Å². The fourth-order valence-corrected chi connectivity index (χ4v) is 2.24. The van der Waals surface area contributed by atoms with Gasteiger partial charge in [0, 0.05) is 31.0 Å². The first-order chi connectivity index (χ1) is 8.75. The highest BCUT2D eigenvalue weighted by atomic mass is 16.5. The van der Waals surface area contributed by atoms with Gasteiger partial charge in [-0.2, -0.15) is 0 Å². The van der Waals surface area contributed by atoms with Gasteiger partial charge in [-0.15, -0.1) is 5.10 Å². The topological polar surface area (TPSA) is 87.4 Å². The molecule has 0 spiro atoms. The molecule has 0 amide bonds. The van der Waals surface area contributed by atoms with Crippen LogP contribution in [0.2, 0.25) is 0 Å². The number of rotatable bonds is 3. The Morgan fingerprint density at radius 1 is 1.61 bits per heavy atom. The molecule has 7 heteroatoms. The van der Waals surface area contributed by atoms with E-state index in [4.69, 9.17) is 10.5 Å². The van der Waals surface area contributed by atoms with Crippen LogP contribution in [0.4, 0.5) is 0 Å². The number of hydrogen-bond donors (Lipinski definition) is 1. The summed E-state index contributed by atoms with van der Waals surface area (Å²) in [4.78, 5) is 16.0.